The van der Waals surface area contributed by atoms with Crippen LogP contribution in [0.3, 0.4) is 0 Å². The first-order chi connectivity index (χ1) is 38.0. The van der Waals surface area contributed by atoms with E-state index in [9.17, 15) is 19.8 Å². The van der Waals surface area contributed by atoms with Gasteiger partial charge in [0.1, 0.15) is 0 Å². The van der Waals surface area contributed by atoms with Gasteiger partial charge in [-0.05, 0) is 83.5 Å². The molecule has 0 fully saturated rings. The average Bonchev–Trinajstić information content (AvgIpc) is 3.43. The Morgan fingerprint density at radius 1 is 0.351 bits per heavy atom. The van der Waals surface area contributed by atoms with Crippen molar-refractivity contribution in [3.63, 3.8) is 0 Å². The van der Waals surface area contributed by atoms with E-state index in [2.05, 4.69) is 43.5 Å². The highest BCUT2D eigenvalue weighted by Gasteiger charge is 2.18. The van der Waals surface area contributed by atoms with Gasteiger partial charge in [0.2, 0.25) is 5.91 Å². The van der Waals surface area contributed by atoms with Gasteiger partial charge < -0.3 is 20.3 Å². The zero-order chi connectivity index (χ0) is 55.7. The lowest BCUT2D eigenvalue weighted by atomic mass is 10.0. The maximum atomic E-state index is 12.5. The monoisotopic (exact) mass is 1080 g/mol. The summed E-state index contributed by atoms with van der Waals surface area (Å²) < 4.78 is 5.49. The fourth-order valence-corrected chi connectivity index (χ4v) is 10.8. The second kappa shape index (κ2) is 66.6. The minimum Gasteiger partial charge on any atom is -0.466 e. The lowest BCUT2D eigenvalue weighted by molar-refractivity contribution is -0.143. The molecule has 0 aromatic heterocycles. The van der Waals surface area contributed by atoms with E-state index < -0.39 is 12.1 Å². The van der Waals surface area contributed by atoms with E-state index in [4.69, 9.17) is 4.74 Å². The number of aliphatic hydroxyl groups excluding tert-OH is 2. The molecule has 0 aliphatic carbocycles. The number of rotatable bonds is 65. The first kappa shape index (κ1) is 75.1. The highest BCUT2D eigenvalue weighted by atomic mass is 16.5. The lowest BCUT2D eigenvalue weighted by Gasteiger charge is -2.20. The maximum absolute atomic E-state index is 12.5. The molecule has 77 heavy (non-hydrogen) atoms. The largest absolute Gasteiger partial charge is 0.466 e. The molecule has 2 atom stereocenters. The summed E-state index contributed by atoms with van der Waals surface area (Å²) in [6.45, 7) is 4.92. The fraction of sp³-hybridized carbons (Fsp3) is 0.887. The molecule has 0 aromatic rings. The minimum atomic E-state index is -0.849. The van der Waals surface area contributed by atoms with Crippen LogP contribution in [0.4, 0.5) is 0 Å². The number of allylic oxidation sites excluding steroid dienone is 5. The summed E-state index contributed by atoms with van der Waals surface area (Å²) in [5.41, 5.74) is 0. The van der Waals surface area contributed by atoms with Crippen molar-refractivity contribution in [3.8, 4) is 0 Å². The molecule has 0 heterocycles. The van der Waals surface area contributed by atoms with Crippen LogP contribution in [-0.2, 0) is 14.3 Å². The Labute approximate surface area is 481 Å². The Morgan fingerprint density at radius 2 is 0.610 bits per heavy atom. The summed E-state index contributed by atoms with van der Waals surface area (Å²) >= 11 is 0. The topological polar surface area (TPSA) is 95.9 Å². The van der Waals surface area contributed by atoms with E-state index in [0.29, 0.717) is 19.4 Å². The van der Waals surface area contributed by atoms with E-state index in [1.165, 1.54) is 308 Å². The summed E-state index contributed by atoms with van der Waals surface area (Å²) in [7, 11) is 0. The smallest absolute Gasteiger partial charge is 0.305 e. The normalized spacial score (nSPS) is 12.7. The number of nitrogens with one attached hydrogen (secondary N) is 1. The minimum absolute atomic E-state index is 0.00456. The maximum Gasteiger partial charge on any atom is 0.305 e. The Kier molecular flexibility index (Phi) is 64.9. The molecular formula is C71H135NO5. The number of esters is 1. The van der Waals surface area contributed by atoms with Crippen LogP contribution in [0.15, 0.2) is 36.5 Å². The van der Waals surface area contributed by atoms with Crippen LogP contribution in [-0.4, -0.2) is 47.4 Å². The standard InChI is InChI=1S/C71H135NO5/c1-3-5-7-9-11-13-15-17-19-20-21-26-29-32-36-39-43-47-51-55-59-63-69(74)68(67-73)72-70(75)64-60-56-52-48-44-40-37-33-30-27-24-22-23-25-28-31-34-38-42-46-50-54-58-62-66-77-71(76)65-61-57-53-49-45-41-35-18-16-14-12-10-8-6-4-2/h18,24,27,35,59,63,68-69,73-74H,3-17,19-23,25-26,28-34,36-58,60-62,64-67H2,1-2H3,(H,72,75)/b27-24-,35-18-,63-59+. The van der Waals surface area contributed by atoms with Crippen LogP contribution >= 0.6 is 0 Å². The van der Waals surface area contributed by atoms with Crippen LogP contribution in [0.25, 0.3) is 0 Å². The number of unbranched alkanes of at least 4 members (excludes halogenated alkanes) is 50. The second-order valence-corrected chi connectivity index (χ2v) is 23.9. The number of carbonyl (C=O) groups is 2. The van der Waals surface area contributed by atoms with Gasteiger partial charge in [-0.25, -0.2) is 0 Å². The molecule has 0 aliphatic heterocycles. The third-order valence-corrected chi connectivity index (χ3v) is 16.1. The zero-order valence-corrected chi connectivity index (χ0v) is 52.0. The van der Waals surface area contributed by atoms with Gasteiger partial charge in [0.05, 0.1) is 25.4 Å². The van der Waals surface area contributed by atoms with E-state index in [0.717, 1.165) is 44.9 Å². The highest BCUT2D eigenvalue weighted by molar-refractivity contribution is 5.76. The number of ether oxygens (including phenoxy) is 1. The van der Waals surface area contributed by atoms with Crippen LogP contribution < -0.4 is 5.32 Å². The van der Waals surface area contributed by atoms with Gasteiger partial charge in [-0.15, -0.1) is 0 Å². The molecule has 0 rings (SSSR count). The van der Waals surface area contributed by atoms with Crippen molar-refractivity contribution < 1.29 is 24.5 Å². The Balaban J connectivity index is 3.43. The van der Waals surface area contributed by atoms with Crippen LogP contribution in [0.5, 0.6) is 0 Å². The van der Waals surface area contributed by atoms with E-state index in [1.807, 2.05) is 6.08 Å². The number of aliphatic hydroxyl groups is 2. The first-order valence-corrected chi connectivity index (χ1v) is 34.8. The Hall–Kier alpha value is -1.92. The number of hydrogen-bond donors (Lipinski definition) is 3. The third-order valence-electron chi connectivity index (χ3n) is 16.1. The predicted octanol–water partition coefficient (Wildman–Crippen LogP) is 22.3. The van der Waals surface area contributed by atoms with Crippen molar-refractivity contribution in [1.29, 1.82) is 0 Å². The van der Waals surface area contributed by atoms with Crippen LogP contribution in [0.2, 0.25) is 0 Å². The summed E-state index contributed by atoms with van der Waals surface area (Å²) in [5, 5.41) is 23.2. The summed E-state index contributed by atoms with van der Waals surface area (Å²) in [4.78, 5) is 24.6. The highest BCUT2D eigenvalue weighted by Crippen LogP contribution is 2.18. The van der Waals surface area contributed by atoms with Gasteiger partial charge in [0.15, 0.2) is 0 Å². The molecule has 0 spiro atoms. The van der Waals surface area contributed by atoms with Gasteiger partial charge in [-0.2, -0.15) is 0 Å². The van der Waals surface area contributed by atoms with Crippen molar-refractivity contribution in [1.82, 2.24) is 5.32 Å². The van der Waals surface area contributed by atoms with Gasteiger partial charge in [-0.3, -0.25) is 9.59 Å². The van der Waals surface area contributed by atoms with Crippen LogP contribution in [0.1, 0.15) is 380 Å². The molecule has 0 radical (unpaired) electrons. The quantitative estimate of drug-likeness (QED) is 0.0320. The lowest BCUT2D eigenvalue weighted by Crippen LogP contribution is -2.45. The molecule has 1 amide bonds. The Morgan fingerprint density at radius 3 is 0.922 bits per heavy atom. The molecule has 0 saturated heterocycles. The van der Waals surface area contributed by atoms with Crippen molar-refractivity contribution in [2.75, 3.05) is 13.2 Å². The van der Waals surface area contributed by atoms with Crippen LogP contribution in [0, 0.1) is 0 Å². The molecule has 0 saturated carbocycles. The van der Waals surface area contributed by atoms with Crippen molar-refractivity contribution in [2.45, 2.75) is 392 Å². The van der Waals surface area contributed by atoms with Gasteiger partial charge in [0.25, 0.3) is 0 Å². The molecule has 0 aliphatic rings. The summed E-state index contributed by atoms with van der Waals surface area (Å²) in [5.74, 6) is -0.0647. The number of carbonyl (C=O) groups excluding carboxylic acids is 2. The van der Waals surface area contributed by atoms with Gasteiger partial charge in [0, 0.05) is 12.8 Å². The van der Waals surface area contributed by atoms with E-state index >= 15 is 0 Å². The average molecular weight is 1080 g/mol. The SMILES string of the molecule is CCCCCCCC/C=C\CCCCCCCC(=O)OCCCCCCCCCCCCCC/C=C\CCCCCCCCCCC(=O)NC(CO)C(O)/C=C/CCCCCCCCCCCCCCCCCCCCC. The Bertz CT molecular complexity index is 1250. The number of amides is 1. The molecule has 0 aromatic carbocycles. The number of hydrogen-bond acceptors (Lipinski definition) is 5. The molecule has 0 bridgehead atoms. The van der Waals surface area contributed by atoms with Gasteiger partial charge in [-0.1, -0.05) is 320 Å². The predicted molar refractivity (Wildman–Crippen MR) is 338 cm³/mol. The molecule has 6 nitrogen and oxygen atoms in total. The van der Waals surface area contributed by atoms with Crippen molar-refractivity contribution in [3.05, 3.63) is 36.5 Å². The molecule has 6 heteroatoms. The molecule has 2 unspecified atom stereocenters. The fourth-order valence-electron chi connectivity index (χ4n) is 10.8. The molecule has 454 valence electrons. The van der Waals surface area contributed by atoms with E-state index in [-0.39, 0.29) is 18.5 Å². The molecular weight excluding hydrogens is 947 g/mol. The van der Waals surface area contributed by atoms with Crippen molar-refractivity contribution in [2.24, 2.45) is 0 Å². The second-order valence-electron chi connectivity index (χ2n) is 23.9. The van der Waals surface area contributed by atoms with Crippen molar-refractivity contribution >= 4 is 11.9 Å². The zero-order valence-electron chi connectivity index (χ0n) is 52.0. The molecule has 3 N–H and O–H groups in total. The summed E-state index contributed by atoms with van der Waals surface area (Å²) in [6, 6.07) is -0.633. The van der Waals surface area contributed by atoms with Gasteiger partial charge >= 0.3 is 5.97 Å². The summed E-state index contributed by atoms with van der Waals surface area (Å²) in [6.07, 6.45) is 85.0. The van der Waals surface area contributed by atoms with E-state index in [1.54, 1.807) is 6.08 Å². The first-order valence-electron chi connectivity index (χ1n) is 34.8. The third kappa shape index (κ3) is 63.1.